The van der Waals surface area contributed by atoms with Crippen molar-refractivity contribution in [3.63, 3.8) is 0 Å². The first-order chi connectivity index (χ1) is 10.3. The normalized spacial score (nSPS) is 11.0. The van der Waals surface area contributed by atoms with Gasteiger partial charge in [-0.3, -0.25) is 4.98 Å². The molecule has 2 rings (SSSR count). The van der Waals surface area contributed by atoms with Gasteiger partial charge in [0, 0.05) is 31.2 Å². The molecule has 0 aliphatic carbocycles. The number of unbranched alkanes of at least 4 members (excludes halogenated alkanes) is 1. The van der Waals surface area contributed by atoms with Gasteiger partial charge in [-0.15, -0.1) is 0 Å². The molecule has 0 spiro atoms. The third kappa shape index (κ3) is 4.18. The molecule has 0 saturated heterocycles. The predicted molar refractivity (Wildman–Crippen MR) is 91.9 cm³/mol. The maximum absolute atomic E-state index is 4.78. The molecule has 21 heavy (non-hydrogen) atoms. The lowest BCUT2D eigenvalue weighted by molar-refractivity contribution is 0.665. The van der Waals surface area contributed by atoms with E-state index in [1.807, 2.05) is 0 Å². The number of nitrogens with zero attached hydrogens (tertiary/aromatic N) is 2. The van der Waals surface area contributed by atoms with Crippen LogP contribution >= 0.6 is 0 Å². The van der Waals surface area contributed by atoms with Gasteiger partial charge in [-0.05, 0) is 31.5 Å². The van der Waals surface area contributed by atoms with E-state index in [0.717, 1.165) is 37.3 Å². The number of anilines is 1. The number of fused-ring (bicyclic) bond motifs is 1. The Morgan fingerprint density at radius 1 is 1.14 bits per heavy atom. The molecule has 1 aromatic heterocycles. The van der Waals surface area contributed by atoms with Crippen LogP contribution in [0.25, 0.3) is 10.9 Å². The maximum Gasteiger partial charge on any atom is 0.0726 e. The van der Waals surface area contributed by atoms with Crippen molar-refractivity contribution in [1.82, 2.24) is 10.3 Å². The second-order valence-corrected chi connectivity index (χ2v) is 5.60. The standard InChI is InChI=1S/C18H27N3/c1-4-6-12-21(3)18-13-15(14-19-11-5-2)20-17-10-8-7-9-16(17)18/h7-10,13,19H,4-6,11-12,14H2,1-3H3. The highest BCUT2D eigenvalue weighted by Crippen LogP contribution is 2.26. The molecule has 3 nitrogen and oxygen atoms in total. The Kier molecular flexibility index (Phi) is 6.00. The zero-order valence-electron chi connectivity index (χ0n) is 13.5. The predicted octanol–water partition coefficient (Wildman–Crippen LogP) is 3.97. The Labute approximate surface area is 128 Å². The van der Waals surface area contributed by atoms with Crippen molar-refractivity contribution in [2.75, 3.05) is 25.0 Å². The van der Waals surface area contributed by atoms with Crippen molar-refractivity contribution in [1.29, 1.82) is 0 Å². The molecular formula is C18H27N3. The van der Waals surface area contributed by atoms with Crippen LogP contribution in [-0.4, -0.2) is 25.1 Å². The number of hydrogen-bond acceptors (Lipinski definition) is 3. The van der Waals surface area contributed by atoms with Gasteiger partial charge in [0.25, 0.3) is 0 Å². The largest absolute Gasteiger partial charge is 0.374 e. The fourth-order valence-corrected chi connectivity index (χ4v) is 2.53. The minimum absolute atomic E-state index is 0.841. The zero-order valence-corrected chi connectivity index (χ0v) is 13.5. The van der Waals surface area contributed by atoms with E-state index < -0.39 is 0 Å². The fraction of sp³-hybridized carbons (Fsp3) is 0.500. The highest BCUT2D eigenvalue weighted by Gasteiger charge is 2.09. The van der Waals surface area contributed by atoms with Gasteiger partial charge in [0.05, 0.1) is 11.2 Å². The van der Waals surface area contributed by atoms with E-state index in [1.165, 1.54) is 23.9 Å². The van der Waals surface area contributed by atoms with Gasteiger partial charge < -0.3 is 10.2 Å². The first-order valence-electron chi connectivity index (χ1n) is 8.06. The van der Waals surface area contributed by atoms with E-state index in [9.17, 15) is 0 Å². The van der Waals surface area contributed by atoms with Crippen LogP contribution in [-0.2, 0) is 6.54 Å². The zero-order chi connectivity index (χ0) is 15.1. The van der Waals surface area contributed by atoms with Crippen LogP contribution in [0.3, 0.4) is 0 Å². The fourth-order valence-electron chi connectivity index (χ4n) is 2.53. The van der Waals surface area contributed by atoms with E-state index in [1.54, 1.807) is 0 Å². The van der Waals surface area contributed by atoms with Crippen LogP contribution in [0.2, 0.25) is 0 Å². The molecule has 1 N–H and O–H groups in total. The van der Waals surface area contributed by atoms with Crippen LogP contribution in [0.5, 0.6) is 0 Å². The minimum atomic E-state index is 0.841. The molecule has 0 bridgehead atoms. The van der Waals surface area contributed by atoms with Gasteiger partial charge in [-0.1, -0.05) is 38.5 Å². The molecular weight excluding hydrogens is 258 g/mol. The molecule has 114 valence electrons. The first-order valence-corrected chi connectivity index (χ1v) is 8.06. The minimum Gasteiger partial charge on any atom is -0.374 e. The molecule has 0 atom stereocenters. The van der Waals surface area contributed by atoms with Gasteiger partial charge in [0.1, 0.15) is 0 Å². The van der Waals surface area contributed by atoms with Crippen molar-refractivity contribution in [3.05, 3.63) is 36.0 Å². The third-order valence-electron chi connectivity index (χ3n) is 3.74. The average molecular weight is 285 g/mol. The van der Waals surface area contributed by atoms with Gasteiger partial charge in [-0.25, -0.2) is 0 Å². The smallest absolute Gasteiger partial charge is 0.0726 e. The first kappa shape index (κ1) is 15.8. The molecule has 0 saturated carbocycles. The molecule has 0 aliphatic rings. The van der Waals surface area contributed by atoms with E-state index in [-0.39, 0.29) is 0 Å². The van der Waals surface area contributed by atoms with E-state index >= 15 is 0 Å². The summed E-state index contributed by atoms with van der Waals surface area (Å²) in [5.74, 6) is 0. The summed E-state index contributed by atoms with van der Waals surface area (Å²) in [6.45, 7) is 7.39. The summed E-state index contributed by atoms with van der Waals surface area (Å²) in [4.78, 5) is 7.14. The van der Waals surface area contributed by atoms with Crippen LogP contribution in [0, 0.1) is 0 Å². The summed E-state index contributed by atoms with van der Waals surface area (Å²) >= 11 is 0. The average Bonchev–Trinajstić information content (AvgIpc) is 2.52. The number of pyridine rings is 1. The number of aromatic nitrogens is 1. The number of hydrogen-bond donors (Lipinski definition) is 1. The van der Waals surface area contributed by atoms with Gasteiger partial charge >= 0.3 is 0 Å². The van der Waals surface area contributed by atoms with E-state index in [4.69, 9.17) is 4.98 Å². The Balaban J connectivity index is 2.31. The maximum atomic E-state index is 4.78. The second-order valence-electron chi connectivity index (χ2n) is 5.60. The molecule has 1 aromatic carbocycles. The van der Waals surface area contributed by atoms with Crippen molar-refractivity contribution >= 4 is 16.6 Å². The SMILES string of the molecule is CCCCN(C)c1cc(CNCCC)nc2ccccc12. The summed E-state index contributed by atoms with van der Waals surface area (Å²) in [5, 5.41) is 4.69. The van der Waals surface area contributed by atoms with Crippen LogP contribution in [0.1, 0.15) is 38.8 Å². The molecule has 3 heteroatoms. The summed E-state index contributed by atoms with van der Waals surface area (Å²) in [6, 6.07) is 10.7. The highest BCUT2D eigenvalue weighted by atomic mass is 15.1. The number of benzene rings is 1. The van der Waals surface area contributed by atoms with Crippen LogP contribution < -0.4 is 10.2 Å². The summed E-state index contributed by atoms with van der Waals surface area (Å²) in [5.41, 5.74) is 3.51. The summed E-state index contributed by atoms with van der Waals surface area (Å²) < 4.78 is 0. The molecule has 0 amide bonds. The van der Waals surface area contributed by atoms with Crippen molar-refractivity contribution < 1.29 is 0 Å². The monoisotopic (exact) mass is 285 g/mol. The number of para-hydroxylation sites is 1. The summed E-state index contributed by atoms with van der Waals surface area (Å²) in [7, 11) is 2.18. The molecule has 0 radical (unpaired) electrons. The van der Waals surface area contributed by atoms with Crippen molar-refractivity contribution in [2.45, 2.75) is 39.7 Å². The van der Waals surface area contributed by atoms with Crippen LogP contribution in [0.15, 0.2) is 30.3 Å². The van der Waals surface area contributed by atoms with Gasteiger partial charge in [0.15, 0.2) is 0 Å². The molecule has 2 aromatic rings. The van der Waals surface area contributed by atoms with Gasteiger partial charge in [-0.2, -0.15) is 0 Å². The molecule has 1 heterocycles. The topological polar surface area (TPSA) is 28.2 Å². The Hall–Kier alpha value is -1.61. The van der Waals surface area contributed by atoms with E-state index in [2.05, 4.69) is 61.4 Å². The van der Waals surface area contributed by atoms with Crippen molar-refractivity contribution in [2.24, 2.45) is 0 Å². The highest BCUT2D eigenvalue weighted by molar-refractivity contribution is 5.91. The lowest BCUT2D eigenvalue weighted by Gasteiger charge is -2.22. The quantitative estimate of drug-likeness (QED) is 0.744. The Bertz CT molecular complexity index is 565. The summed E-state index contributed by atoms with van der Waals surface area (Å²) in [6.07, 6.45) is 3.59. The lowest BCUT2D eigenvalue weighted by atomic mass is 10.1. The van der Waals surface area contributed by atoms with Crippen molar-refractivity contribution in [3.8, 4) is 0 Å². The van der Waals surface area contributed by atoms with Gasteiger partial charge in [0.2, 0.25) is 0 Å². The van der Waals surface area contributed by atoms with Crippen LogP contribution in [0.4, 0.5) is 5.69 Å². The van der Waals surface area contributed by atoms with E-state index in [0.29, 0.717) is 0 Å². The third-order valence-corrected chi connectivity index (χ3v) is 3.74. The Morgan fingerprint density at radius 3 is 2.71 bits per heavy atom. The Morgan fingerprint density at radius 2 is 1.95 bits per heavy atom. The molecule has 0 aliphatic heterocycles. The number of rotatable bonds is 8. The molecule has 0 unspecified atom stereocenters. The molecule has 0 fully saturated rings. The number of nitrogens with one attached hydrogen (secondary N) is 1. The second kappa shape index (κ2) is 7.99. The lowest BCUT2D eigenvalue weighted by Crippen LogP contribution is -2.20.